The predicted octanol–water partition coefficient (Wildman–Crippen LogP) is 0.456. The van der Waals surface area contributed by atoms with Gasteiger partial charge in [0.25, 0.3) is 0 Å². The van der Waals surface area contributed by atoms with Gasteiger partial charge in [0, 0.05) is 13.5 Å². The number of anilines is 1. The normalized spacial score (nSPS) is 29.0. The van der Waals surface area contributed by atoms with Gasteiger partial charge in [-0.25, -0.2) is 15.0 Å². The number of aliphatic hydroxyl groups is 1. The number of hydrogen-bond acceptors (Lipinski definition) is 8. The number of ether oxygens (including phenoxy) is 3. The van der Waals surface area contributed by atoms with Crippen molar-refractivity contribution in [1.82, 2.24) is 19.5 Å². The van der Waals surface area contributed by atoms with Crippen LogP contribution < -0.4 is 5.73 Å². The lowest BCUT2D eigenvalue weighted by atomic mass is 10.1. The second-order valence-corrected chi connectivity index (χ2v) is 5.82. The molecule has 2 fully saturated rings. The van der Waals surface area contributed by atoms with Crippen molar-refractivity contribution in [3.05, 3.63) is 12.7 Å². The Morgan fingerprint density at radius 3 is 2.74 bits per heavy atom. The molecule has 9 nitrogen and oxygen atoms in total. The van der Waals surface area contributed by atoms with E-state index >= 15 is 0 Å². The van der Waals surface area contributed by atoms with Gasteiger partial charge in [-0.15, -0.1) is 0 Å². The van der Waals surface area contributed by atoms with E-state index in [0.29, 0.717) is 30.0 Å². The minimum absolute atomic E-state index is 0.00961. The van der Waals surface area contributed by atoms with E-state index < -0.39 is 5.79 Å². The molecule has 2 aliphatic rings. The molecule has 2 aromatic heterocycles. The second kappa shape index (κ2) is 6.00. The van der Waals surface area contributed by atoms with Gasteiger partial charge < -0.3 is 25.1 Å². The number of aliphatic hydroxyl groups excluding tert-OH is 1. The van der Waals surface area contributed by atoms with Crippen molar-refractivity contribution >= 4 is 17.0 Å². The Morgan fingerprint density at radius 2 is 1.96 bits per heavy atom. The summed E-state index contributed by atoms with van der Waals surface area (Å²) in [7, 11) is 1.00. The number of nitrogens with zero attached hydrogens (tertiary/aromatic N) is 4. The highest BCUT2D eigenvalue weighted by Gasteiger charge is 2.45. The lowest BCUT2D eigenvalue weighted by Gasteiger charge is -2.30. The van der Waals surface area contributed by atoms with Gasteiger partial charge in [-0.2, -0.15) is 0 Å². The van der Waals surface area contributed by atoms with E-state index in [9.17, 15) is 0 Å². The van der Waals surface area contributed by atoms with Crippen molar-refractivity contribution in [3.63, 3.8) is 0 Å². The minimum atomic E-state index is -0.558. The molecule has 4 rings (SSSR count). The molecule has 4 heterocycles. The summed E-state index contributed by atoms with van der Waals surface area (Å²) in [5.41, 5.74) is 7.07. The molecule has 0 amide bonds. The summed E-state index contributed by atoms with van der Waals surface area (Å²) >= 11 is 0. The van der Waals surface area contributed by atoms with Gasteiger partial charge in [0.15, 0.2) is 17.3 Å². The van der Waals surface area contributed by atoms with Crippen LogP contribution in [0.5, 0.6) is 0 Å². The van der Waals surface area contributed by atoms with Gasteiger partial charge in [-0.1, -0.05) is 0 Å². The van der Waals surface area contributed by atoms with Crippen molar-refractivity contribution in [2.24, 2.45) is 0 Å². The topological polar surface area (TPSA) is 118 Å². The average molecular weight is 323 g/mol. The highest BCUT2D eigenvalue weighted by atomic mass is 16.8. The van der Waals surface area contributed by atoms with Crippen LogP contribution in [0.25, 0.3) is 11.2 Å². The van der Waals surface area contributed by atoms with E-state index in [1.807, 2.05) is 18.4 Å². The Labute approximate surface area is 133 Å². The summed E-state index contributed by atoms with van der Waals surface area (Å²) < 4.78 is 19.5. The van der Waals surface area contributed by atoms with Gasteiger partial charge >= 0.3 is 0 Å². The molecule has 3 atom stereocenters. The van der Waals surface area contributed by atoms with Crippen LogP contribution in [0.1, 0.15) is 26.5 Å². The van der Waals surface area contributed by atoms with Gasteiger partial charge in [0.1, 0.15) is 24.2 Å². The SMILES string of the molecule is CC1(C)OC2COC(n3cnc4c(N)ncnc43)CC2O1.CO. The fraction of sp³-hybridized carbons (Fsp3) is 0.643. The first-order valence-corrected chi connectivity index (χ1v) is 7.38. The predicted molar refractivity (Wildman–Crippen MR) is 81.3 cm³/mol. The molecule has 23 heavy (non-hydrogen) atoms. The van der Waals surface area contributed by atoms with Gasteiger partial charge in [-0.3, -0.25) is 4.57 Å². The third kappa shape index (κ3) is 2.88. The van der Waals surface area contributed by atoms with E-state index in [-0.39, 0.29) is 18.4 Å². The zero-order valence-corrected chi connectivity index (χ0v) is 13.3. The molecular formula is C14H21N5O4. The van der Waals surface area contributed by atoms with Crippen molar-refractivity contribution in [3.8, 4) is 0 Å². The molecule has 3 N–H and O–H groups in total. The lowest BCUT2D eigenvalue weighted by Crippen LogP contribution is -2.37. The minimum Gasteiger partial charge on any atom is -0.400 e. The quantitative estimate of drug-likeness (QED) is 0.777. The number of imidazole rings is 1. The maximum Gasteiger partial charge on any atom is 0.167 e. The number of fused-ring (bicyclic) bond motifs is 2. The van der Waals surface area contributed by atoms with Crippen LogP contribution in [-0.4, -0.2) is 56.3 Å². The van der Waals surface area contributed by atoms with Crippen molar-refractivity contribution in [2.45, 2.75) is 44.5 Å². The highest BCUT2D eigenvalue weighted by molar-refractivity contribution is 5.81. The Kier molecular flexibility index (Phi) is 4.19. The van der Waals surface area contributed by atoms with Crippen LogP contribution in [0.15, 0.2) is 12.7 Å². The van der Waals surface area contributed by atoms with E-state index in [4.69, 9.17) is 25.1 Å². The third-order valence-electron chi connectivity index (χ3n) is 3.87. The van der Waals surface area contributed by atoms with Crippen molar-refractivity contribution in [2.75, 3.05) is 19.5 Å². The molecule has 2 aliphatic heterocycles. The number of hydrogen-bond donors (Lipinski definition) is 2. The van der Waals surface area contributed by atoms with Gasteiger partial charge in [0.2, 0.25) is 0 Å². The van der Waals surface area contributed by atoms with Gasteiger partial charge in [-0.05, 0) is 13.8 Å². The first kappa shape index (κ1) is 16.1. The summed E-state index contributed by atoms with van der Waals surface area (Å²) in [6.07, 6.45) is 3.59. The van der Waals surface area contributed by atoms with Gasteiger partial charge in [0.05, 0.1) is 19.0 Å². The number of aromatic nitrogens is 4. The average Bonchev–Trinajstić information content (AvgIpc) is 3.08. The van der Waals surface area contributed by atoms with Crippen molar-refractivity contribution in [1.29, 1.82) is 0 Å². The smallest absolute Gasteiger partial charge is 0.167 e. The van der Waals surface area contributed by atoms with E-state index in [0.717, 1.165) is 7.11 Å². The number of nitrogens with two attached hydrogens (primary N) is 1. The molecule has 0 bridgehead atoms. The van der Waals surface area contributed by atoms with E-state index in [1.54, 1.807) is 6.33 Å². The summed E-state index contributed by atoms with van der Waals surface area (Å²) in [6.45, 7) is 4.32. The molecule has 2 aromatic rings. The first-order chi connectivity index (χ1) is 11.0. The molecule has 9 heteroatoms. The fourth-order valence-electron chi connectivity index (χ4n) is 3.00. The summed E-state index contributed by atoms with van der Waals surface area (Å²) in [6, 6.07) is 0. The second-order valence-electron chi connectivity index (χ2n) is 5.82. The van der Waals surface area contributed by atoms with Crippen LogP contribution in [0.3, 0.4) is 0 Å². The lowest BCUT2D eigenvalue weighted by molar-refractivity contribution is -0.146. The molecule has 0 spiro atoms. The molecule has 126 valence electrons. The third-order valence-corrected chi connectivity index (χ3v) is 3.87. The van der Waals surface area contributed by atoms with Crippen LogP contribution in [0.4, 0.5) is 5.82 Å². The Balaban J connectivity index is 0.000000753. The highest BCUT2D eigenvalue weighted by Crippen LogP contribution is 2.37. The van der Waals surface area contributed by atoms with E-state index in [2.05, 4.69) is 15.0 Å². The number of rotatable bonds is 1. The zero-order valence-electron chi connectivity index (χ0n) is 13.3. The van der Waals surface area contributed by atoms with E-state index in [1.165, 1.54) is 6.33 Å². The summed E-state index contributed by atoms with van der Waals surface area (Å²) in [5, 5.41) is 7.00. The largest absolute Gasteiger partial charge is 0.400 e. The molecular weight excluding hydrogens is 302 g/mol. The van der Waals surface area contributed by atoms with Crippen molar-refractivity contribution < 1.29 is 19.3 Å². The Bertz CT molecular complexity index is 689. The molecule has 0 radical (unpaired) electrons. The maximum atomic E-state index is 7.00. The van der Waals surface area contributed by atoms with Crippen LogP contribution in [0.2, 0.25) is 0 Å². The zero-order chi connectivity index (χ0) is 16.6. The molecule has 3 unspecified atom stereocenters. The fourth-order valence-corrected chi connectivity index (χ4v) is 3.00. The molecule has 0 saturated carbocycles. The Morgan fingerprint density at radius 1 is 1.22 bits per heavy atom. The standard InChI is InChI=1S/C13H17N5O3.CH4O/c1-13(2)20-7-3-9(19-4-8(7)21-13)18-6-17-10-11(14)15-5-16-12(10)18;1-2/h5-9H,3-4H2,1-2H3,(H2,14,15,16);2H,1H3. The first-order valence-electron chi connectivity index (χ1n) is 7.38. The summed E-state index contributed by atoms with van der Waals surface area (Å²) in [4.78, 5) is 12.5. The number of nitrogen functional groups attached to an aromatic ring is 1. The van der Waals surface area contributed by atoms with Crippen LogP contribution in [0, 0.1) is 0 Å². The maximum absolute atomic E-state index is 7.00. The monoisotopic (exact) mass is 323 g/mol. The summed E-state index contributed by atoms with van der Waals surface area (Å²) in [5.74, 6) is -0.189. The molecule has 0 aliphatic carbocycles. The van der Waals surface area contributed by atoms with Crippen LogP contribution >= 0.6 is 0 Å². The Hall–Kier alpha value is -1.81. The van der Waals surface area contributed by atoms with Crippen LogP contribution in [-0.2, 0) is 14.2 Å². The molecule has 2 saturated heterocycles. The molecule has 0 aromatic carbocycles.